The zero-order chi connectivity index (χ0) is 14.0. The van der Waals surface area contributed by atoms with Gasteiger partial charge in [0.1, 0.15) is 0 Å². The fourth-order valence-corrected chi connectivity index (χ4v) is 3.82. The predicted molar refractivity (Wildman–Crippen MR) is 85.1 cm³/mol. The van der Waals surface area contributed by atoms with Crippen molar-refractivity contribution in [2.24, 2.45) is 0 Å². The van der Waals surface area contributed by atoms with E-state index >= 15 is 0 Å². The van der Waals surface area contributed by atoms with Gasteiger partial charge in [0, 0.05) is 36.2 Å². The number of piperazine rings is 1. The molecule has 3 rings (SSSR count). The van der Waals surface area contributed by atoms with Gasteiger partial charge in [-0.1, -0.05) is 43.0 Å². The number of hydrogen-bond acceptors (Lipinski definition) is 2. The van der Waals surface area contributed by atoms with E-state index in [-0.39, 0.29) is 0 Å². The van der Waals surface area contributed by atoms with Crippen molar-refractivity contribution in [3.05, 3.63) is 34.9 Å². The Labute approximate surface area is 127 Å². The zero-order valence-corrected chi connectivity index (χ0v) is 13.1. The van der Waals surface area contributed by atoms with E-state index in [1.165, 1.54) is 44.2 Å². The number of nitrogens with zero attached hydrogens (tertiary/aromatic N) is 1. The fourth-order valence-electron chi connectivity index (χ4n) is 3.69. The molecule has 2 nitrogen and oxygen atoms in total. The predicted octanol–water partition coefficient (Wildman–Crippen LogP) is 3.84. The summed E-state index contributed by atoms with van der Waals surface area (Å²) in [5.74, 6) is 0. The highest BCUT2D eigenvalue weighted by Gasteiger charge is 2.38. The molecule has 1 heterocycles. The molecule has 0 radical (unpaired) electrons. The molecule has 1 saturated heterocycles. The minimum absolute atomic E-state index is 0.386. The van der Waals surface area contributed by atoms with Crippen LogP contribution in [0, 0.1) is 0 Å². The molecular formula is C17H25ClN2. The summed E-state index contributed by atoms with van der Waals surface area (Å²) in [6, 6.07) is 8.92. The van der Waals surface area contributed by atoms with E-state index in [1.807, 2.05) is 12.1 Å². The second-order valence-corrected chi connectivity index (χ2v) is 7.04. The third-order valence-electron chi connectivity index (χ3n) is 5.01. The van der Waals surface area contributed by atoms with Gasteiger partial charge in [0.15, 0.2) is 0 Å². The summed E-state index contributed by atoms with van der Waals surface area (Å²) in [4.78, 5) is 2.64. The molecule has 1 N–H and O–H groups in total. The number of hydrogen-bond donors (Lipinski definition) is 1. The molecule has 20 heavy (non-hydrogen) atoms. The van der Waals surface area contributed by atoms with Crippen molar-refractivity contribution in [2.45, 2.75) is 57.2 Å². The Morgan fingerprint density at radius 2 is 1.90 bits per heavy atom. The minimum Gasteiger partial charge on any atom is -0.308 e. The van der Waals surface area contributed by atoms with Gasteiger partial charge in [-0.15, -0.1) is 0 Å². The van der Waals surface area contributed by atoms with Gasteiger partial charge in [-0.3, -0.25) is 4.90 Å². The van der Waals surface area contributed by atoms with E-state index in [0.717, 1.165) is 18.1 Å². The Balaban J connectivity index is 1.69. The summed E-state index contributed by atoms with van der Waals surface area (Å²) in [6.07, 6.45) is 6.87. The molecule has 1 unspecified atom stereocenters. The van der Waals surface area contributed by atoms with Crippen LogP contribution in [0.25, 0.3) is 0 Å². The second-order valence-electron chi connectivity index (χ2n) is 6.60. The van der Waals surface area contributed by atoms with Crippen LogP contribution in [0.1, 0.15) is 44.6 Å². The average molecular weight is 293 g/mol. The standard InChI is InChI=1S/C17H25ClN2/c1-14-11-19-17(9-3-2-4-10-17)13-20(14)12-15-5-7-16(18)8-6-15/h5-8,14,19H,2-4,9-13H2,1H3. The van der Waals surface area contributed by atoms with Crippen molar-refractivity contribution >= 4 is 11.6 Å². The van der Waals surface area contributed by atoms with E-state index in [2.05, 4.69) is 29.3 Å². The van der Waals surface area contributed by atoms with Gasteiger partial charge >= 0.3 is 0 Å². The molecule has 1 aliphatic carbocycles. The molecule has 2 aliphatic rings. The second kappa shape index (κ2) is 6.05. The zero-order valence-electron chi connectivity index (χ0n) is 12.4. The van der Waals surface area contributed by atoms with Gasteiger partial charge in [-0.25, -0.2) is 0 Å². The quantitative estimate of drug-likeness (QED) is 0.891. The van der Waals surface area contributed by atoms with Crippen LogP contribution in [0.5, 0.6) is 0 Å². The molecule has 0 amide bonds. The molecule has 3 heteroatoms. The van der Waals surface area contributed by atoms with Crippen LogP contribution in [-0.4, -0.2) is 29.6 Å². The average Bonchev–Trinajstić information content (AvgIpc) is 2.47. The van der Waals surface area contributed by atoms with Crippen LogP contribution in [0.2, 0.25) is 5.02 Å². The van der Waals surface area contributed by atoms with Crippen LogP contribution in [0.4, 0.5) is 0 Å². The van der Waals surface area contributed by atoms with Gasteiger partial charge in [0.2, 0.25) is 0 Å². The molecule has 110 valence electrons. The van der Waals surface area contributed by atoms with Gasteiger partial charge in [-0.2, -0.15) is 0 Å². The molecular weight excluding hydrogens is 268 g/mol. The maximum atomic E-state index is 5.98. The van der Waals surface area contributed by atoms with Crippen LogP contribution >= 0.6 is 11.6 Å². The molecule has 1 aromatic carbocycles. The third kappa shape index (κ3) is 3.19. The monoisotopic (exact) mass is 292 g/mol. The molecule has 1 saturated carbocycles. The summed E-state index contributed by atoms with van der Waals surface area (Å²) in [7, 11) is 0. The first-order valence-corrected chi connectivity index (χ1v) is 8.28. The first-order valence-electron chi connectivity index (χ1n) is 7.90. The highest BCUT2D eigenvalue weighted by molar-refractivity contribution is 6.30. The normalized spacial score (nSPS) is 26.8. The summed E-state index contributed by atoms with van der Waals surface area (Å²) in [6.45, 7) is 5.69. The van der Waals surface area contributed by atoms with Crippen LogP contribution in [-0.2, 0) is 6.54 Å². The number of nitrogens with one attached hydrogen (secondary N) is 1. The Morgan fingerprint density at radius 3 is 2.60 bits per heavy atom. The third-order valence-corrected chi connectivity index (χ3v) is 5.26. The maximum absolute atomic E-state index is 5.98. The van der Waals surface area contributed by atoms with Crippen molar-refractivity contribution in [3.63, 3.8) is 0 Å². The molecule has 0 bridgehead atoms. The lowest BCUT2D eigenvalue weighted by molar-refractivity contribution is 0.0573. The van der Waals surface area contributed by atoms with Crippen molar-refractivity contribution in [2.75, 3.05) is 13.1 Å². The topological polar surface area (TPSA) is 15.3 Å². The first-order chi connectivity index (χ1) is 9.67. The van der Waals surface area contributed by atoms with Crippen LogP contribution in [0.3, 0.4) is 0 Å². The van der Waals surface area contributed by atoms with E-state index < -0.39 is 0 Å². The Bertz CT molecular complexity index is 437. The molecule has 0 aromatic heterocycles. The van der Waals surface area contributed by atoms with E-state index in [1.54, 1.807) is 0 Å². The van der Waals surface area contributed by atoms with Gasteiger partial charge in [-0.05, 0) is 37.5 Å². The fraction of sp³-hybridized carbons (Fsp3) is 0.647. The van der Waals surface area contributed by atoms with Crippen LogP contribution < -0.4 is 5.32 Å². The lowest BCUT2D eigenvalue weighted by atomic mass is 9.79. The Kier molecular flexibility index (Phi) is 4.34. The van der Waals surface area contributed by atoms with Gasteiger partial charge < -0.3 is 5.32 Å². The van der Waals surface area contributed by atoms with Gasteiger partial charge in [0.25, 0.3) is 0 Å². The van der Waals surface area contributed by atoms with E-state index in [0.29, 0.717) is 11.6 Å². The SMILES string of the molecule is CC1CNC2(CCCCC2)CN1Cc1ccc(Cl)cc1. The number of rotatable bonds is 2. The molecule has 2 fully saturated rings. The van der Waals surface area contributed by atoms with Crippen LogP contribution in [0.15, 0.2) is 24.3 Å². The highest BCUT2D eigenvalue weighted by atomic mass is 35.5. The van der Waals surface area contributed by atoms with E-state index in [9.17, 15) is 0 Å². The largest absolute Gasteiger partial charge is 0.308 e. The molecule has 1 aliphatic heterocycles. The summed E-state index contributed by atoms with van der Waals surface area (Å²) in [5.41, 5.74) is 1.76. The first kappa shape index (κ1) is 14.4. The van der Waals surface area contributed by atoms with Crippen molar-refractivity contribution in [1.82, 2.24) is 10.2 Å². The molecule has 1 spiro atoms. The van der Waals surface area contributed by atoms with Crippen molar-refractivity contribution < 1.29 is 0 Å². The lowest BCUT2D eigenvalue weighted by Gasteiger charge is -2.49. The van der Waals surface area contributed by atoms with Gasteiger partial charge in [0.05, 0.1) is 0 Å². The molecule has 1 aromatic rings. The summed E-state index contributed by atoms with van der Waals surface area (Å²) in [5, 5.41) is 4.67. The highest BCUT2D eigenvalue weighted by Crippen LogP contribution is 2.32. The minimum atomic E-state index is 0.386. The maximum Gasteiger partial charge on any atom is 0.0406 e. The smallest absolute Gasteiger partial charge is 0.0406 e. The lowest BCUT2D eigenvalue weighted by Crippen LogP contribution is -2.63. The Hall–Kier alpha value is -0.570. The summed E-state index contributed by atoms with van der Waals surface area (Å²) >= 11 is 5.98. The molecule has 1 atom stereocenters. The van der Waals surface area contributed by atoms with Crippen molar-refractivity contribution in [3.8, 4) is 0 Å². The Morgan fingerprint density at radius 1 is 1.20 bits per heavy atom. The summed E-state index contributed by atoms with van der Waals surface area (Å²) < 4.78 is 0. The number of benzene rings is 1. The van der Waals surface area contributed by atoms with Crippen molar-refractivity contribution in [1.29, 1.82) is 0 Å². The van der Waals surface area contributed by atoms with E-state index in [4.69, 9.17) is 11.6 Å². The number of halogens is 1.